The third-order valence-electron chi connectivity index (χ3n) is 4.63. The van der Waals surface area contributed by atoms with Crippen LogP contribution < -0.4 is 16.0 Å². The Morgan fingerprint density at radius 1 is 1.15 bits per heavy atom. The highest BCUT2D eigenvalue weighted by atomic mass is 127. The topological polar surface area (TPSA) is 103 Å². The number of sulfone groups is 1. The second-order valence-electron chi connectivity index (χ2n) is 6.75. The summed E-state index contributed by atoms with van der Waals surface area (Å²) in [5.41, 5.74) is 0. The number of nitrogens with one attached hydrogen (secondary N) is 3. The summed E-state index contributed by atoms with van der Waals surface area (Å²) >= 11 is 0. The highest BCUT2D eigenvalue weighted by Gasteiger charge is 2.28. The molecule has 2 saturated heterocycles. The number of piperidine rings is 1. The second-order valence-corrected chi connectivity index (χ2v) is 8.97. The minimum absolute atomic E-state index is 0. The minimum atomic E-state index is -2.96. The van der Waals surface area contributed by atoms with Crippen LogP contribution in [-0.2, 0) is 14.6 Å². The normalized spacial score (nSPS) is 23.1. The van der Waals surface area contributed by atoms with Gasteiger partial charge in [-0.15, -0.1) is 24.0 Å². The van der Waals surface area contributed by atoms with Crippen molar-refractivity contribution in [1.82, 2.24) is 20.9 Å². The number of rotatable bonds is 7. The van der Waals surface area contributed by atoms with Crippen molar-refractivity contribution < 1.29 is 13.2 Å². The van der Waals surface area contributed by atoms with Gasteiger partial charge in [0.2, 0.25) is 5.91 Å². The van der Waals surface area contributed by atoms with Crippen molar-refractivity contribution in [2.45, 2.75) is 38.1 Å². The SMILES string of the molecule is CN=C(NCCC(=O)NC1CCS(=O)(=O)C1)NCCN1CCCCC1.I. The van der Waals surface area contributed by atoms with Crippen molar-refractivity contribution >= 4 is 45.7 Å². The maximum atomic E-state index is 11.9. The first-order valence-corrected chi connectivity index (χ1v) is 11.0. The highest BCUT2D eigenvalue weighted by molar-refractivity contribution is 14.0. The average Bonchev–Trinajstić information content (AvgIpc) is 2.93. The van der Waals surface area contributed by atoms with Gasteiger partial charge in [0.15, 0.2) is 15.8 Å². The van der Waals surface area contributed by atoms with Gasteiger partial charge in [-0.2, -0.15) is 0 Å². The molecule has 0 bridgehead atoms. The first kappa shape index (κ1) is 23.4. The Bertz CT molecular complexity index is 564. The number of halogens is 1. The molecule has 152 valence electrons. The van der Waals surface area contributed by atoms with Gasteiger partial charge in [-0.3, -0.25) is 9.79 Å². The number of carbonyl (C=O) groups is 1. The van der Waals surface area contributed by atoms with Crippen LogP contribution in [0.3, 0.4) is 0 Å². The molecule has 8 nitrogen and oxygen atoms in total. The lowest BCUT2D eigenvalue weighted by Gasteiger charge is -2.26. The molecular formula is C16H32IN5O3S. The molecule has 2 fully saturated rings. The van der Waals surface area contributed by atoms with Gasteiger partial charge in [-0.25, -0.2) is 8.42 Å². The van der Waals surface area contributed by atoms with E-state index in [2.05, 4.69) is 25.8 Å². The van der Waals surface area contributed by atoms with Crippen molar-refractivity contribution in [3.63, 3.8) is 0 Å². The molecule has 0 aromatic rings. The summed E-state index contributed by atoms with van der Waals surface area (Å²) in [7, 11) is -1.25. The molecule has 2 aliphatic rings. The molecule has 0 aromatic heterocycles. The number of carbonyl (C=O) groups excluding carboxylic acids is 1. The molecule has 0 aliphatic carbocycles. The average molecular weight is 501 g/mol. The van der Waals surface area contributed by atoms with Gasteiger partial charge in [-0.05, 0) is 32.4 Å². The number of likely N-dealkylation sites (tertiary alicyclic amines) is 1. The molecule has 0 saturated carbocycles. The molecule has 2 aliphatic heterocycles. The third kappa shape index (κ3) is 8.85. The van der Waals surface area contributed by atoms with Crippen LogP contribution in [0.1, 0.15) is 32.1 Å². The Labute approximate surface area is 173 Å². The van der Waals surface area contributed by atoms with Crippen molar-refractivity contribution in [3.8, 4) is 0 Å². The lowest BCUT2D eigenvalue weighted by molar-refractivity contribution is -0.121. The predicted octanol–water partition coefficient (Wildman–Crippen LogP) is -0.0513. The van der Waals surface area contributed by atoms with E-state index in [1.807, 2.05) is 0 Å². The maximum Gasteiger partial charge on any atom is 0.222 e. The first-order valence-electron chi connectivity index (χ1n) is 9.15. The zero-order valence-corrected chi connectivity index (χ0v) is 18.6. The molecule has 2 rings (SSSR count). The molecule has 3 N–H and O–H groups in total. The van der Waals surface area contributed by atoms with E-state index in [0.717, 1.165) is 13.1 Å². The molecular weight excluding hydrogens is 469 g/mol. The number of guanidine groups is 1. The van der Waals surface area contributed by atoms with Gasteiger partial charge in [-0.1, -0.05) is 6.42 Å². The zero-order valence-electron chi connectivity index (χ0n) is 15.5. The monoisotopic (exact) mass is 501 g/mol. The lowest BCUT2D eigenvalue weighted by Crippen LogP contribution is -2.44. The van der Waals surface area contributed by atoms with E-state index in [1.54, 1.807) is 7.05 Å². The van der Waals surface area contributed by atoms with E-state index in [4.69, 9.17) is 0 Å². The summed E-state index contributed by atoms with van der Waals surface area (Å²) in [5.74, 6) is 0.794. The summed E-state index contributed by atoms with van der Waals surface area (Å²) < 4.78 is 22.8. The smallest absolute Gasteiger partial charge is 0.222 e. The van der Waals surface area contributed by atoms with E-state index in [-0.39, 0.29) is 47.4 Å². The Morgan fingerprint density at radius 2 is 1.85 bits per heavy atom. The molecule has 1 atom stereocenters. The van der Waals surface area contributed by atoms with Crippen LogP contribution in [0, 0.1) is 0 Å². The number of aliphatic imine (C=N–C) groups is 1. The molecule has 26 heavy (non-hydrogen) atoms. The lowest BCUT2D eigenvalue weighted by atomic mass is 10.1. The number of hydrogen-bond donors (Lipinski definition) is 3. The van der Waals surface area contributed by atoms with Crippen molar-refractivity contribution in [2.75, 3.05) is 51.3 Å². The van der Waals surface area contributed by atoms with Gasteiger partial charge >= 0.3 is 0 Å². The zero-order chi connectivity index (χ0) is 18.1. The molecule has 0 spiro atoms. The number of hydrogen-bond acceptors (Lipinski definition) is 5. The Balaban J connectivity index is 0.00000338. The molecule has 1 amide bonds. The Kier molecular flexibility index (Phi) is 10.8. The molecule has 0 radical (unpaired) electrons. The van der Waals surface area contributed by atoms with Gasteiger partial charge in [0.1, 0.15) is 0 Å². The van der Waals surface area contributed by atoms with Crippen LogP contribution >= 0.6 is 24.0 Å². The quantitative estimate of drug-likeness (QED) is 0.257. The summed E-state index contributed by atoms with van der Waals surface area (Å²) in [6.45, 7) is 4.63. The number of amides is 1. The second kappa shape index (κ2) is 12.0. The fourth-order valence-electron chi connectivity index (χ4n) is 3.24. The molecule has 10 heteroatoms. The largest absolute Gasteiger partial charge is 0.356 e. The Morgan fingerprint density at radius 3 is 2.46 bits per heavy atom. The third-order valence-corrected chi connectivity index (χ3v) is 6.40. The van der Waals surface area contributed by atoms with Gasteiger partial charge < -0.3 is 20.9 Å². The van der Waals surface area contributed by atoms with Gasteiger partial charge in [0.05, 0.1) is 11.5 Å². The number of nitrogens with zero attached hydrogens (tertiary/aromatic N) is 2. The standard InChI is InChI=1S/C16H31N5O3S.HI/c1-17-16(19-8-11-21-9-3-2-4-10-21)18-7-5-15(22)20-14-6-12-25(23,24)13-14;/h14H,2-13H2,1H3,(H,20,22)(H2,17,18,19);1H. The molecule has 2 heterocycles. The van der Waals surface area contributed by atoms with E-state index in [1.165, 1.54) is 32.4 Å². The summed E-state index contributed by atoms with van der Waals surface area (Å²) in [6, 6.07) is -0.237. The molecule has 0 aromatic carbocycles. The molecule has 1 unspecified atom stereocenters. The fourth-order valence-corrected chi connectivity index (χ4v) is 4.91. The van der Waals surface area contributed by atoms with E-state index in [0.29, 0.717) is 25.3 Å². The van der Waals surface area contributed by atoms with Crippen LogP contribution in [0.15, 0.2) is 4.99 Å². The first-order chi connectivity index (χ1) is 12.0. The van der Waals surface area contributed by atoms with E-state index < -0.39 is 9.84 Å². The van der Waals surface area contributed by atoms with Gasteiger partial charge in [0, 0.05) is 39.1 Å². The van der Waals surface area contributed by atoms with Crippen molar-refractivity contribution in [2.24, 2.45) is 4.99 Å². The van der Waals surface area contributed by atoms with E-state index in [9.17, 15) is 13.2 Å². The summed E-state index contributed by atoms with van der Waals surface area (Å²) in [5, 5.41) is 9.17. The predicted molar refractivity (Wildman–Crippen MR) is 115 cm³/mol. The summed E-state index contributed by atoms with van der Waals surface area (Å²) in [6.07, 6.45) is 4.71. The van der Waals surface area contributed by atoms with Crippen LogP contribution in [0.25, 0.3) is 0 Å². The maximum absolute atomic E-state index is 11.9. The van der Waals surface area contributed by atoms with Crippen molar-refractivity contribution in [3.05, 3.63) is 0 Å². The minimum Gasteiger partial charge on any atom is -0.356 e. The van der Waals surface area contributed by atoms with Crippen LogP contribution in [-0.4, -0.2) is 82.5 Å². The van der Waals surface area contributed by atoms with Crippen molar-refractivity contribution in [1.29, 1.82) is 0 Å². The summed E-state index contributed by atoms with van der Waals surface area (Å²) in [4.78, 5) is 18.5. The van der Waals surface area contributed by atoms with Crippen LogP contribution in [0.4, 0.5) is 0 Å². The fraction of sp³-hybridized carbons (Fsp3) is 0.875. The van der Waals surface area contributed by atoms with Crippen LogP contribution in [0.2, 0.25) is 0 Å². The Hall–Kier alpha value is -0.620. The van der Waals surface area contributed by atoms with Crippen LogP contribution in [0.5, 0.6) is 0 Å². The highest BCUT2D eigenvalue weighted by Crippen LogP contribution is 2.11. The van der Waals surface area contributed by atoms with E-state index >= 15 is 0 Å². The van der Waals surface area contributed by atoms with Gasteiger partial charge in [0.25, 0.3) is 0 Å².